The SMILES string of the molecule is [c]1ccc(C2C=CCCC2)cc1. The van der Waals surface area contributed by atoms with Gasteiger partial charge in [0.2, 0.25) is 0 Å². The second-order valence-electron chi connectivity index (χ2n) is 3.30. The van der Waals surface area contributed by atoms with Crippen molar-refractivity contribution < 1.29 is 0 Å². The molecule has 12 heavy (non-hydrogen) atoms. The van der Waals surface area contributed by atoms with Gasteiger partial charge < -0.3 is 0 Å². The molecule has 0 amide bonds. The molecule has 1 atom stereocenters. The van der Waals surface area contributed by atoms with E-state index in [1.165, 1.54) is 24.8 Å². The van der Waals surface area contributed by atoms with Gasteiger partial charge in [-0.15, -0.1) is 0 Å². The fourth-order valence-electron chi connectivity index (χ4n) is 1.74. The van der Waals surface area contributed by atoms with Gasteiger partial charge in [0.05, 0.1) is 0 Å². The van der Waals surface area contributed by atoms with Crippen molar-refractivity contribution >= 4 is 0 Å². The summed E-state index contributed by atoms with van der Waals surface area (Å²) in [5.41, 5.74) is 1.43. The molecule has 1 aromatic carbocycles. The van der Waals surface area contributed by atoms with Gasteiger partial charge in [0.1, 0.15) is 0 Å². The van der Waals surface area contributed by atoms with Gasteiger partial charge in [-0.05, 0) is 30.9 Å². The van der Waals surface area contributed by atoms with E-state index in [0.717, 1.165) is 0 Å². The Labute approximate surface area is 73.9 Å². The highest BCUT2D eigenvalue weighted by atomic mass is 14.1. The maximum Gasteiger partial charge on any atom is 0.00180 e. The van der Waals surface area contributed by atoms with Crippen LogP contribution in [-0.2, 0) is 0 Å². The average Bonchev–Trinajstić information content (AvgIpc) is 2.21. The van der Waals surface area contributed by atoms with Gasteiger partial charge in [0, 0.05) is 5.92 Å². The van der Waals surface area contributed by atoms with Gasteiger partial charge in [-0.3, -0.25) is 0 Å². The van der Waals surface area contributed by atoms with Crippen molar-refractivity contribution in [1.29, 1.82) is 0 Å². The van der Waals surface area contributed by atoms with Crippen LogP contribution in [0.4, 0.5) is 0 Å². The van der Waals surface area contributed by atoms with Crippen LogP contribution in [0.5, 0.6) is 0 Å². The van der Waals surface area contributed by atoms with Gasteiger partial charge >= 0.3 is 0 Å². The first kappa shape index (κ1) is 7.60. The molecule has 2 rings (SSSR count). The van der Waals surface area contributed by atoms with Crippen molar-refractivity contribution in [2.24, 2.45) is 0 Å². The van der Waals surface area contributed by atoms with Crippen molar-refractivity contribution in [3.05, 3.63) is 48.0 Å². The van der Waals surface area contributed by atoms with E-state index in [1.54, 1.807) is 0 Å². The van der Waals surface area contributed by atoms with E-state index in [-0.39, 0.29) is 0 Å². The van der Waals surface area contributed by atoms with Crippen LogP contribution in [0.3, 0.4) is 0 Å². The van der Waals surface area contributed by atoms with Crippen LogP contribution in [0.2, 0.25) is 0 Å². The highest BCUT2D eigenvalue weighted by molar-refractivity contribution is 5.24. The summed E-state index contributed by atoms with van der Waals surface area (Å²) in [5.74, 6) is 0.661. The Hall–Kier alpha value is -1.04. The molecule has 0 aliphatic heterocycles. The minimum absolute atomic E-state index is 0.661. The van der Waals surface area contributed by atoms with Gasteiger partial charge in [-0.1, -0.05) is 36.4 Å². The minimum atomic E-state index is 0.661. The molecule has 0 heterocycles. The molecule has 0 nitrogen and oxygen atoms in total. The van der Waals surface area contributed by atoms with Crippen LogP contribution in [-0.4, -0.2) is 0 Å². The molecule has 61 valence electrons. The summed E-state index contributed by atoms with van der Waals surface area (Å²) >= 11 is 0. The van der Waals surface area contributed by atoms with E-state index in [9.17, 15) is 0 Å². The van der Waals surface area contributed by atoms with Crippen molar-refractivity contribution in [3.8, 4) is 0 Å². The van der Waals surface area contributed by atoms with Crippen molar-refractivity contribution in [2.45, 2.75) is 25.2 Å². The molecule has 0 spiro atoms. The highest BCUT2D eigenvalue weighted by Gasteiger charge is 2.09. The summed E-state index contributed by atoms with van der Waals surface area (Å²) in [4.78, 5) is 0. The Bertz CT molecular complexity index is 259. The first-order valence-corrected chi connectivity index (χ1v) is 4.59. The summed E-state index contributed by atoms with van der Waals surface area (Å²) in [6.07, 6.45) is 8.53. The zero-order chi connectivity index (χ0) is 8.23. The van der Waals surface area contributed by atoms with Crippen LogP contribution in [0.15, 0.2) is 36.4 Å². The lowest BCUT2D eigenvalue weighted by Crippen LogP contribution is -1.98. The normalized spacial score (nSPS) is 22.5. The summed E-state index contributed by atoms with van der Waals surface area (Å²) in [6.45, 7) is 0. The van der Waals surface area contributed by atoms with Gasteiger partial charge in [-0.2, -0.15) is 0 Å². The molecule has 1 radical (unpaired) electrons. The Kier molecular flexibility index (Phi) is 2.26. The van der Waals surface area contributed by atoms with Crippen LogP contribution in [0.25, 0.3) is 0 Å². The Morgan fingerprint density at radius 2 is 2.08 bits per heavy atom. The van der Waals surface area contributed by atoms with E-state index in [4.69, 9.17) is 0 Å². The summed E-state index contributed by atoms with van der Waals surface area (Å²) in [7, 11) is 0. The highest BCUT2D eigenvalue weighted by Crippen LogP contribution is 2.26. The van der Waals surface area contributed by atoms with Crippen LogP contribution in [0.1, 0.15) is 30.7 Å². The molecule has 0 aromatic heterocycles. The fourth-order valence-corrected chi connectivity index (χ4v) is 1.74. The number of benzene rings is 1. The van der Waals surface area contributed by atoms with Crippen LogP contribution >= 0.6 is 0 Å². The third kappa shape index (κ3) is 1.58. The third-order valence-corrected chi connectivity index (χ3v) is 2.43. The van der Waals surface area contributed by atoms with Crippen molar-refractivity contribution in [1.82, 2.24) is 0 Å². The van der Waals surface area contributed by atoms with Crippen LogP contribution in [0, 0.1) is 6.07 Å². The quantitative estimate of drug-likeness (QED) is 0.549. The molecule has 0 bridgehead atoms. The largest absolute Gasteiger partial charge is 0.0879 e. The molecular formula is C12H13. The van der Waals surface area contributed by atoms with Gasteiger partial charge in [0.25, 0.3) is 0 Å². The van der Waals surface area contributed by atoms with Gasteiger partial charge in [-0.25, -0.2) is 0 Å². The predicted molar refractivity (Wildman–Crippen MR) is 51.0 cm³/mol. The van der Waals surface area contributed by atoms with E-state index >= 15 is 0 Å². The monoisotopic (exact) mass is 157 g/mol. The molecule has 0 N–H and O–H groups in total. The molecule has 1 unspecified atom stereocenters. The smallest absolute Gasteiger partial charge is 0.00180 e. The van der Waals surface area contributed by atoms with Gasteiger partial charge in [0.15, 0.2) is 0 Å². The summed E-state index contributed by atoms with van der Waals surface area (Å²) in [6, 6.07) is 11.4. The third-order valence-electron chi connectivity index (χ3n) is 2.43. The molecule has 1 aliphatic carbocycles. The number of allylic oxidation sites excluding steroid dienone is 2. The second-order valence-corrected chi connectivity index (χ2v) is 3.30. The summed E-state index contributed by atoms with van der Waals surface area (Å²) < 4.78 is 0. The maximum atomic E-state index is 3.05. The van der Waals surface area contributed by atoms with Crippen LogP contribution < -0.4 is 0 Å². The first-order valence-electron chi connectivity index (χ1n) is 4.59. The van der Waals surface area contributed by atoms with Crippen molar-refractivity contribution in [3.63, 3.8) is 0 Å². The first-order chi connectivity index (χ1) is 5.97. The lowest BCUT2D eigenvalue weighted by molar-refractivity contribution is 0.654. The Balaban J connectivity index is 2.19. The molecule has 0 heteroatoms. The summed E-state index contributed by atoms with van der Waals surface area (Å²) in [5, 5.41) is 0. The standard InChI is InChI=1S/C12H13/c1-3-7-11(8-4-1)12-9-5-2-6-10-12/h3,5-7,9-11H,1,4,8H2. The average molecular weight is 157 g/mol. The maximum absolute atomic E-state index is 3.05. The number of rotatable bonds is 1. The molecule has 0 saturated carbocycles. The fraction of sp³-hybridized carbons (Fsp3) is 0.333. The molecule has 0 saturated heterocycles. The molecule has 1 aromatic rings. The van der Waals surface area contributed by atoms with Crippen molar-refractivity contribution in [2.75, 3.05) is 0 Å². The molecule has 1 aliphatic rings. The van der Waals surface area contributed by atoms with E-state index in [0.29, 0.717) is 5.92 Å². The lowest BCUT2D eigenvalue weighted by atomic mass is 9.89. The molecular weight excluding hydrogens is 144 g/mol. The predicted octanol–water partition coefficient (Wildman–Crippen LogP) is 3.31. The Morgan fingerprint density at radius 1 is 1.25 bits per heavy atom. The zero-order valence-electron chi connectivity index (χ0n) is 7.16. The van der Waals surface area contributed by atoms with E-state index in [1.807, 2.05) is 12.1 Å². The van der Waals surface area contributed by atoms with E-state index in [2.05, 4.69) is 30.4 Å². The number of hydrogen-bond acceptors (Lipinski definition) is 0. The second kappa shape index (κ2) is 3.57. The minimum Gasteiger partial charge on any atom is -0.0879 e. The lowest BCUT2D eigenvalue weighted by Gasteiger charge is -2.15. The zero-order valence-corrected chi connectivity index (χ0v) is 7.16. The number of hydrogen-bond donors (Lipinski definition) is 0. The Morgan fingerprint density at radius 3 is 2.75 bits per heavy atom. The topological polar surface area (TPSA) is 0 Å². The molecule has 0 fully saturated rings. The van der Waals surface area contributed by atoms with E-state index < -0.39 is 0 Å².